The predicted molar refractivity (Wildman–Crippen MR) is 93.8 cm³/mol. The highest BCUT2D eigenvalue weighted by Crippen LogP contribution is 2.41. The zero-order chi connectivity index (χ0) is 16.6. The van der Waals surface area contributed by atoms with Crippen LogP contribution in [0.2, 0.25) is 0 Å². The first-order chi connectivity index (χ1) is 11.0. The molecular formula is C15H20N2O4S2. The van der Waals surface area contributed by atoms with Gasteiger partial charge in [-0.05, 0) is 17.9 Å². The lowest BCUT2D eigenvalue weighted by atomic mass is 10.1. The quantitative estimate of drug-likeness (QED) is 0.819. The monoisotopic (exact) mass is 356 g/mol. The average molecular weight is 356 g/mol. The molecular weight excluding hydrogens is 336 g/mol. The normalized spacial score (nSPS) is 25.2. The molecule has 2 aliphatic rings. The molecule has 126 valence electrons. The summed E-state index contributed by atoms with van der Waals surface area (Å²) in [6.07, 6.45) is 0. The van der Waals surface area contributed by atoms with Crippen molar-refractivity contribution in [1.82, 2.24) is 0 Å². The molecule has 0 aromatic heterocycles. The van der Waals surface area contributed by atoms with E-state index in [1.807, 2.05) is 23.1 Å². The van der Waals surface area contributed by atoms with Gasteiger partial charge in [0.1, 0.15) is 11.5 Å². The molecule has 0 saturated carbocycles. The van der Waals surface area contributed by atoms with E-state index in [9.17, 15) is 8.42 Å². The number of aliphatic imine (C=N–C) groups is 1. The van der Waals surface area contributed by atoms with Crippen LogP contribution in [0.5, 0.6) is 11.5 Å². The molecule has 3 rings (SSSR count). The number of anilines is 1. The molecule has 0 N–H and O–H groups in total. The van der Waals surface area contributed by atoms with Crippen molar-refractivity contribution in [3.8, 4) is 11.5 Å². The number of methoxy groups -OCH3 is 2. The van der Waals surface area contributed by atoms with Crippen LogP contribution in [0, 0.1) is 0 Å². The number of amidine groups is 1. The van der Waals surface area contributed by atoms with Crippen LogP contribution in [0.1, 0.15) is 6.92 Å². The van der Waals surface area contributed by atoms with Gasteiger partial charge >= 0.3 is 0 Å². The molecule has 2 atom stereocenters. The zero-order valence-corrected chi connectivity index (χ0v) is 15.0. The van der Waals surface area contributed by atoms with Crippen LogP contribution in [0.15, 0.2) is 23.2 Å². The minimum absolute atomic E-state index is 0.119. The highest BCUT2D eigenvalue weighted by molar-refractivity contribution is 8.14. The number of hydrogen-bond acceptors (Lipinski definition) is 7. The van der Waals surface area contributed by atoms with Crippen molar-refractivity contribution in [2.24, 2.45) is 4.99 Å². The first-order valence-electron chi connectivity index (χ1n) is 7.41. The number of ether oxygens (including phenoxy) is 2. The highest BCUT2D eigenvalue weighted by atomic mass is 32.2. The Labute approximate surface area is 140 Å². The molecule has 2 heterocycles. The second kappa shape index (κ2) is 6.24. The molecule has 0 aliphatic carbocycles. The van der Waals surface area contributed by atoms with Gasteiger partial charge in [-0.15, -0.1) is 0 Å². The van der Waals surface area contributed by atoms with Gasteiger partial charge in [0.2, 0.25) is 0 Å². The maximum absolute atomic E-state index is 12.0. The van der Waals surface area contributed by atoms with E-state index in [4.69, 9.17) is 9.47 Å². The van der Waals surface area contributed by atoms with Crippen LogP contribution >= 0.6 is 11.8 Å². The predicted octanol–water partition coefficient (Wildman–Crippen LogP) is 1.80. The summed E-state index contributed by atoms with van der Waals surface area (Å²) in [5, 5.41) is 0.851. The van der Waals surface area contributed by atoms with Gasteiger partial charge in [0, 0.05) is 6.07 Å². The molecule has 23 heavy (non-hydrogen) atoms. The summed E-state index contributed by atoms with van der Waals surface area (Å²) in [4.78, 5) is 6.66. The minimum Gasteiger partial charge on any atom is -0.497 e. The van der Waals surface area contributed by atoms with E-state index in [1.54, 1.807) is 26.0 Å². The van der Waals surface area contributed by atoms with Gasteiger partial charge in [-0.1, -0.05) is 18.7 Å². The van der Waals surface area contributed by atoms with Gasteiger partial charge in [0.05, 0.1) is 43.5 Å². The first kappa shape index (κ1) is 16.4. The molecule has 0 bridgehead atoms. The Balaban J connectivity index is 2.07. The third-order valence-electron chi connectivity index (χ3n) is 4.03. The molecule has 0 spiro atoms. The number of thioether (sulfide) groups is 1. The van der Waals surface area contributed by atoms with E-state index in [-0.39, 0.29) is 23.6 Å². The number of benzene rings is 1. The number of nitrogens with zero attached hydrogens (tertiary/aromatic N) is 2. The number of sulfone groups is 1. The zero-order valence-electron chi connectivity index (χ0n) is 13.4. The van der Waals surface area contributed by atoms with E-state index in [1.165, 1.54) is 0 Å². The van der Waals surface area contributed by atoms with Crippen LogP contribution in [-0.2, 0) is 9.84 Å². The van der Waals surface area contributed by atoms with Crippen molar-refractivity contribution in [1.29, 1.82) is 0 Å². The van der Waals surface area contributed by atoms with Crippen molar-refractivity contribution < 1.29 is 17.9 Å². The van der Waals surface area contributed by atoms with Gasteiger partial charge in [-0.2, -0.15) is 0 Å². The van der Waals surface area contributed by atoms with Crippen molar-refractivity contribution in [2.75, 3.05) is 36.4 Å². The van der Waals surface area contributed by atoms with Crippen LogP contribution in [0.3, 0.4) is 0 Å². The second-order valence-corrected chi connectivity index (χ2v) is 8.85. The van der Waals surface area contributed by atoms with Crippen LogP contribution in [0.4, 0.5) is 5.69 Å². The minimum atomic E-state index is -3.05. The van der Waals surface area contributed by atoms with E-state index in [0.717, 1.165) is 16.6 Å². The van der Waals surface area contributed by atoms with Crippen molar-refractivity contribution in [2.45, 2.75) is 19.0 Å². The summed E-state index contributed by atoms with van der Waals surface area (Å²) in [6.45, 7) is 2.05. The third-order valence-corrected chi connectivity index (χ3v) is 6.57. The molecule has 1 fully saturated rings. The molecule has 8 heteroatoms. The Hall–Kier alpha value is -1.41. The Morgan fingerprint density at radius 2 is 2.09 bits per heavy atom. The maximum Gasteiger partial charge on any atom is 0.164 e. The fourth-order valence-electron chi connectivity index (χ4n) is 3.03. The Bertz CT molecular complexity index is 733. The van der Waals surface area contributed by atoms with Crippen LogP contribution < -0.4 is 14.4 Å². The molecule has 0 unspecified atom stereocenters. The van der Waals surface area contributed by atoms with Crippen molar-refractivity contribution in [3.63, 3.8) is 0 Å². The number of rotatable bonds is 4. The first-order valence-corrected chi connectivity index (χ1v) is 10.2. The van der Waals surface area contributed by atoms with Gasteiger partial charge < -0.3 is 14.4 Å². The summed E-state index contributed by atoms with van der Waals surface area (Å²) in [5.74, 6) is 2.49. The van der Waals surface area contributed by atoms with E-state index >= 15 is 0 Å². The summed E-state index contributed by atoms with van der Waals surface area (Å²) in [6, 6.07) is 5.15. The van der Waals surface area contributed by atoms with Gasteiger partial charge in [0.25, 0.3) is 0 Å². The fraction of sp³-hybridized carbons (Fsp3) is 0.533. The molecule has 1 aromatic rings. The van der Waals surface area contributed by atoms with Crippen molar-refractivity contribution >= 4 is 32.5 Å². The van der Waals surface area contributed by atoms with Crippen molar-refractivity contribution in [3.05, 3.63) is 18.2 Å². The lowest BCUT2D eigenvalue weighted by Gasteiger charge is -2.28. The van der Waals surface area contributed by atoms with E-state index in [2.05, 4.69) is 11.9 Å². The SMILES string of the molecule is CCSC1=N[C@H]2CS(=O)(=O)C[C@@H]2N1c1cc(OC)ccc1OC. The average Bonchev–Trinajstić information content (AvgIpc) is 2.98. The number of hydrogen-bond donors (Lipinski definition) is 0. The van der Waals surface area contributed by atoms with Gasteiger partial charge in [0.15, 0.2) is 15.0 Å². The third kappa shape index (κ3) is 3.01. The summed E-state index contributed by atoms with van der Waals surface area (Å²) < 4.78 is 34.8. The summed E-state index contributed by atoms with van der Waals surface area (Å²) in [7, 11) is 0.160. The van der Waals surface area contributed by atoms with E-state index < -0.39 is 9.84 Å². The molecule has 0 radical (unpaired) electrons. The summed E-state index contributed by atoms with van der Waals surface area (Å²) >= 11 is 1.62. The Kier molecular flexibility index (Phi) is 4.46. The number of fused-ring (bicyclic) bond motifs is 1. The van der Waals surface area contributed by atoms with Crippen LogP contribution in [0.25, 0.3) is 0 Å². The molecule has 2 aliphatic heterocycles. The smallest absolute Gasteiger partial charge is 0.164 e. The fourth-order valence-corrected chi connectivity index (χ4v) is 5.71. The maximum atomic E-state index is 12.0. The largest absolute Gasteiger partial charge is 0.497 e. The van der Waals surface area contributed by atoms with Crippen LogP contribution in [-0.4, -0.2) is 57.1 Å². The Morgan fingerprint density at radius 1 is 1.30 bits per heavy atom. The highest BCUT2D eigenvalue weighted by Gasteiger charge is 2.47. The van der Waals surface area contributed by atoms with Gasteiger partial charge in [-0.25, -0.2) is 8.42 Å². The lowest BCUT2D eigenvalue weighted by Crippen LogP contribution is -2.39. The van der Waals surface area contributed by atoms with E-state index in [0.29, 0.717) is 11.5 Å². The summed E-state index contributed by atoms with van der Waals surface area (Å²) in [5.41, 5.74) is 0.802. The molecule has 0 amide bonds. The lowest BCUT2D eigenvalue weighted by molar-refractivity contribution is 0.403. The topological polar surface area (TPSA) is 68.2 Å². The Morgan fingerprint density at radius 3 is 2.74 bits per heavy atom. The van der Waals surface area contributed by atoms with Gasteiger partial charge in [-0.3, -0.25) is 4.99 Å². The molecule has 1 saturated heterocycles. The molecule has 1 aromatic carbocycles. The second-order valence-electron chi connectivity index (χ2n) is 5.46. The standard InChI is InChI=1S/C15H20N2O4S2/c1-4-22-15-16-11-8-23(18,19)9-13(11)17(15)12-7-10(20-2)5-6-14(12)21-3/h5-7,11,13H,4,8-9H2,1-3H3/t11-,13-/m0/s1. The molecule has 6 nitrogen and oxygen atoms in total.